The van der Waals surface area contributed by atoms with Crippen molar-refractivity contribution in [3.05, 3.63) is 29.8 Å². The summed E-state index contributed by atoms with van der Waals surface area (Å²) in [4.78, 5) is 11.1. The van der Waals surface area contributed by atoms with Crippen molar-refractivity contribution in [1.82, 2.24) is 0 Å². The standard InChI is InChI=1S/C11H13NO/c1-8(13)10-7-6-9-4-2-3-5-11(9)12-10/h2-5,10,12H,6-7H2,1H3. The summed E-state index contributed by atoms with van der Waals surface area (Å²) >= 11 is 0. The van der Waals surface area contributed by atoms with Crippen LogP contribution < -0.4 is 5.32 Å². The number of para-hydroxylation sites is 1. The number of hydrogen-bond acceptors (Lipinski definition) is 2. The molecule has 13 heavy (non-hydrogen) atoms. The number of aryl methyl sites for hydroxylation is 1. The highest BCUT2D eigenvalue weighted by atomic mass is 16.1. The van der Waals surface area contributed by atoms with E-state index in [1.165, 1.54) is 5.56 Å². The number of nitrogens with one attached hydrogen (secondary N) is 1. The number of fused-ring (bicyclic) bond motifs is 1. The van der Waals surface area contributed by atoms with Crippen molar-refractivity contribution >= 4 is 11.5 Å². The van der Waals surface area contributed by atoms with Gasteiger partial charge < -0.3 is 5.32 Å². The lowest BCUT2D eigenvalue weighted by atomic mass is 9.96. The second-order valence-corrected chi connectivity index (χ2v) is 3.50. The third-order valence-corrected chi connectivity index (χ3v) is 2.54. The van der Waals surface area contributed by atoms with Crippen molar-refractivity contribution < 1.29 is 4.79 Å². The molecule has 0 bridgehead atoms. The smallest absolute Gasteiger partial charge is 0.151 e. The summed E-state index contributed by atoms with van der Waals surface area (Å²) in [7, 11) is 0. The maximum absolute atomic E-state index is 11.1. The van der Waals surface area contributed by atoms with E-state index in [-0.39, 0.29) is 11.8 Å². The van der Waals surface area contributed by atoms with Crippen LogP contribution in [0.2, 0.25) is 0 Å². The Morgan fingerprint density at radius 2 is 2.23 bits per heavy atom. The van der Waals surface area contributed by atoms with Gasteiger partial charge in [0.1, 0.15) is 0 Å². The average Bonchev–Trinajstić information content (AvgIpc) is 2.17. The second kappa shape index (κ2) is 3.21. The molecule has 0 fully saturated rings. The molecule has 68 valence electrons. The van der Waals surface area contributed by atoms with Crippen molar-refractivity contribution in [3.63, 3.8) is 0 Å². The minimum Gasteiger partial charge on any atom is -0.375 e. The van der Waals surface area contributed by atoms with E-state index in [1.807, 2.05) is 18.2 Å². The van der Waals surface area contributed by atoms with Crippen LogP contribution in [0.4, 0.5) is 5.69 Å². The van der Waals surface area contributed by atoms with Crippen LogP contribution in [0.25, 0.3) is 0 Å². The topological polar surface area (TPSA) is 29.1 Å². The molecular weight excluding hydrogens is 162 g/mol. The van der Waals surface area contributed by atoms with Crippen LogP contribution in [0.1, 0.15) is 18.9 Å². The number of carbonyl (C=O) groups excluding carboxylic acids is 1. The third kappa shape index (κ3) is 1.57. The third-order valence-electron chi connectivity index (χ3n) is 2.54. The fraction of sp³-hybridized carbons (Fsp3) is 0.364. The van der Waals surface area contributed by atoms with Crippen LogP contribution >= 0.6 is 0 Å². The Morgan fingerprint density at radius 3 is 3.00 bits per heavy atom. The van der Waals surface area contributed by atoms with Gasteiger partial charge in [0.05, 0.1) is 6.04 Å². The first-order chi connectivity index (χ1) is 6.27. The molecule has 1 aliphatic rings. The molecule has 1 aliphatic heterocycles. The van der Waals surface area contributed by atoms with Crippen LogP contribution in [-0.2, 0) is 11.2 Å². The maximum atomic E-state index is 11.1. The van der Waals surface area contributed by atoms with E-state index in [2.05, 4.69) is 11.4 Å². The predicted molar refractivity (Wildman–Crippen MR) is 52.9 cm³/mol. The van der Waals surface area contributed by atoms with Gasteiger partial charge in [-0.3, -0.25) is 4.79 Å². The zero-order valence-electron chi connectivity index (χ0n) is 7.71. The van der Waals surface area contributed by atoms with Crippen LogP contribution in [0, 0.1) is 0 Å². The first-order valence-corrected chi connectivity index (χ1v) is 4.62. The van der Waals surface area contributed by atoms with E-state index in [0.717, 1.165) is 18.5 Å². The molecule has 1 unspecified atom stereocenters. The first kappa shape index (κ1) is 8.30. The highest BCUT2D eigenvalue weighted by Gasteiger charge is 2.19. The highest BCUT2D eigenvalue weighted by molar-refractivity contribution is 5.85. The molecule has 0 radical (unpaired) electrons. The van der Waals surface area contributed by atoms with Crippen LogP contribution in [0.3, 0.4) is 0 Å². The van der Waals surface area contributed by atoms with E-state index in [9.17, 15) is 4.79 Å². The van der Waals surface area contributed by atoms with Gasteiger partial charge in [0.15, 0.2) is 5.78 Å². The van der Waals surface area contributed by atoms with Gasteiger partial charge in [0.2, 0.25) is 0 Å². The van der Waals surface area contributed by atoms with Crippen molar-refractivity contribution in [2.45, 2.75) is 25.8 Å². The van der Waals surface area contributed by atoms with Gasteiger partial charge in [-0.15, -0.1) is 0 Å². The molecule has 0 aliphatic carbocycles. The Bertz CT molecular complexity index is 333. The summed E-state index contributed by atoms with van der Waals surface area (Å²) in [5.74, 6) is 0.231. The molecule has 0 amide bonds. The minimum absolute atomic E-state index is 0.0231. The summed E-state index contributed by atoms with van der Waals surface area (Å²) < 4.78 is 0. The number of anilines is 1. The van der Waals surface area contributed by atoms with Crippen molar-refractivity contribution in [2.24, 2.45) is 0 Å². The average molecular weight is 175 g/mol. The van der Waals surface area contributed by atoms with Gasteiger partial charge in [-0.1, -0.05) is 18.2 Å². The minimum atomic E-state index is 0.0231. The molecule has 1 aromatic rings. The van der Waals surface area contributed by atoms with E-state index < -0.39 is 0 Å². The zero-order chi connectivity index (χ0) is 9.26. The van der Waals surface area contributed by atoms with E-state index in [0.29, 0.717) is 0 Å². The number of benzene rings is 1. The molecule has 2 rings (SSSR count). The van der Waals surface area contributed by atoms with Gasteiger partial charge in [-0.2, -0.15) is 0 Å². The van der Waals surface area contributed by atoms with Gasteiger partial charge in [0, 0.05) is 5.69 Å². The van der Waals surface area contributed by atoms with Crippen LogP contribution in [-0.4, -0.2) is 11.8 Å². The molecule has 1 aromatic carbocycles. The molecule has 2 nitrogen and oxygen atoms in total. The lowest BCUT2D eigenvalue weighted by molar-refractivity contribution is -0.117. The Hall–Kier alpha value is -1.31. The molecule has 1 heterocycles. The van der Waals surface area contributed by atoms with E-state index in [1.54, 1.807) is 6.92 Å². The Balaban J connectivity index is 2.24. The molecule has 1 atom stereocenters. The van der Waals surface area contributed by atoms with Gasteiger partial charge in [-0.05, 0) is 31.4 Å². The molecule has 1 N–H and O–H groups in total. The zero-order valence-corrected chi connectivity index (χ0v) is 7.71. The van der Waals surface area contributed by atoms with E-state index in [4.69, 9.17) is 0 Å². The fourth-order valence-electron chi connectivity index (χ4n) is 1.74. The quantitative estimate of drug-likeness (QED) is 0.707. The van der Waals surface area contributed by atoms with Gasteiger partial charge in [0.25, 0.3) is 0 Å². The van der Waals surface area contributed by atoms with E-state index >= 15 is 0 Å². The molecule has 0 saturated heterocycles. The molecule has 2 heteroatoms. The van der Waals surface area contributed by atoms with Crippen LogP contribution in [0.5, 0.6) is 0 Å². The predicted octanol–water partition coefficient (Wildman–Crippen LogP) is 2.00. The Kier molecular flexibility index (Phi) is 2.05. The highest BCUT2D eigenvalue weighted by Crippen LogP contribution is 2.24. The van der Waals surface area contributed by atoms with Crippen molar-refractivity contribution in [2.75, 3.05) is 5.32 Å². The van der Waals surface area contributed by atoms with Crippen molar-refractivity contribution in [1.29, 1.82) is 0 Å². The monoisotopic (exact) mass is 175 g/mol. The maximum Gasteiger partial charge on any atom is 0.151 e. The number of Topliss-reactive ketones (excluding diaryl/α,β-unsaturated/α-hetero) is 1. The molecule has 0 saturated carbocycles. The number of carbonyl (C=O) groups is 1. The lowest BCUT2D eigenvalue weighted by Gasteiger charge is -2.24. The number of rotatable bonds is 1. The van der Waals surface area contributed by atoms with Crippen molar-refractivity contribution in [3.8, 4) is 0 Å². The van der Waals surface area contributed by atoms with Crippen LogP contribution in [0.15, 0.2) is 24.3 Å². The summed E-state index contributed by atoms with van der Waals surface area (Å²) in [6.07, 6.45) is 1.93. The Labute approximate surface area is 78.0 Å². The number of ketones is 1. The second-order valence-electron chi connectivity index (χ2n) is 3.50. The molecule has 0 aromatic heterocycles. The van der Waals surface area contributed by atoms with Gasteiger partial charge in [-0.25, -0.2) is 0 Å². The largest absolute Gasteiger partial charge is 0.375 e. The summed E-state index contributed by atoms with van der Waals surface area (Å²) in [5, 5.41) is 3.25. The summed E-state index contributed by atoms with van der Waals surface area (Å²) in [6.45, 7) is 1.64. The number of hydrogen-bond donors (Lipinski definition) is 1. The fourth-order valence-corrected chi connectivity index (χ4v) is 1.74. The van der Waals surface area contributed by atoms with Gasteiger partial charge >= 0.3 is 0 Å². The normalized spacial score (nSPS) is 20.2. The SMILES string of the molecule is CC(=O)C1CCc2ccccc2N1. The molecule has 0 spiro atoms. The summed E-state index contributed by atoms with van der Waals surface area (Å²) in [5.41, 5.74) is 2.44. The summed E-state index contributed by atoms with van der Waals surface area (Å²) in [6, 6.07) is 8.20. The first-order valence-electron chi connectivity index (χ1n) is 4.62. The molecular formula is C11H13NO. The lowest BCUT2D eigenvalue weighted by Crippen LogP contribution is -2.31. The Morgan fingerprint density at radius 1 is 1.46 bits per heavy atom.